The number of rotatable bonds is 8. The lowest BCUT2D eigenvalue weighted by Crippen LogP contribution is -2.62. The topological polar surface area (TPSA) is 88.6 Å². The fraction of sp³-hybridized carbons (Fsp3) is 0.520. The van der Waals surface area contributed by atoms with Gasteiger partial charge in [-0.15, -0.1) is 0 Å². The second kappa shape index (κ2) is 8.72. The van der Waals surface area contributed by atoms with E-state index in [2.05, 4.69) is 9.71 Å². The second-order valence-electron chi connectivity index (χ2n) is 10.1. The van der Waals surface area contributed by atoms with Crippen molar-refractivity contribution in [3.05, 3.63) is 47.8 Å². The van der Waals surface area contributed by atoms with Gasteiger partial charge >= 0.3 is 0 Å². The summed E-state index contributed by atoms with van der Waals surface area (Å²) < 4.78 is 78.1. The Morgan fingerprint density at radius 2 is 1.89 bits per heavy atom. The van der Waals surface area contributed by atoms with Crippen molar-refractivity contribution in [3.63, 3.8) is 0 Å². The molecule has 11 heteroatoms. The van der Waals surface area contributed by atoms with E-state index in [9.17, 15) is 13.2 Å². The van der Waals surface area contributed by atoms with Crippen LogP contribution in [0.3, 0.4) is 0 Å². The summed E-state index contributed by atoms with van der Waals surface area (Å²) in [6, 6.07) is 6.33. The number of nitrogens with one attached hydrogen (secondary N) is 1. The van der Waals surface area contributed by atoms with Gasteiger partial charge in [0.05, 0.1) is 36.6 Å². The molecular weight excluding hydrogens is 495 g/mol. The molecule has 2 atom stereocenters. The predicted octanol–water partition coefficient (Wildman–Crippen LogP) is 3.39. The number of hydrogen-bond donors (Lipinski definition) is 1. The molecule has 4 fully saturated rings. The number of sulfonamides is 1. The number of carbonyl (C=O) groups is 1. The van der Waals surface area contributed by atoms with Crippen molar-refractivity contribution < 1.29 is 31.1 Å². The molecule has 0 unspecified atom stereocenters. The summed E-state index contributed by atoms with van der Waals surface area (Å²) in [7, 11) is -2.58. The molecule has 36 heavy (non-hydrogen) atoms. The number of carbonyl (C=O) groups excluding carboxylic acids is 1. The highest BCUT2D eigenvalue weighted by Gasteiger charge is 2.66. The van der Waals surface area contributed by atoms with Gasteiger partial charge in [0.2, 0.25) is 21.8 Å². The molecule has 1 aliphatic heterocycles. The van der Waals surface area contributed by atoms with Crippen LogP contribution in [-0.4, -0.2) is 61.6 Å². The third kappa shape index (κ3) is 4.15. The summed E-state index contributed by atoms with van der Waals surface area (Å²) in [5.41, 5.74) is -0.0897. The van der Waals surface area contributed by atoms with E-state index in [1.54, 1.807) is 24.3 Å². The fourth-order valence-corrected chi connectivity index (χ4v) is 6.56. The molecule has 1 aromatic heterocycles. The van der Waals surface area contributed by atoms with E-state index in [-0.39, 0.29) is 29.3 Å². The van der Waals surface area contributed by atoms with Crippen molar-refractivity contribution in [2.75, 3.05) is 19.4 Å². The zero-order chi connectivity index (χ0) is 25.9. The average Bonchev–Trinajstić information content (AvgIpc) is 3.02. The van der Waals surface area contributed by atoms with Gasteiger partial charge in [0, 0.05) is 11.6 Å². The third-order valence-corrected chi connectivity index (χ3v) is 9.15. The smallest absolute Gasteiger partial charge is 0.283 e. The number of methoxy groups -OCH3 is 1. The lowest BCUT2D eigenvalue weighted by molar-refractivity contribution is -0.178. The molecule has 194 valence electrons. The van der Waals surface area contributed by atoms with E-state index in [0.717, 1.165) is 4.90 Å². The first-order chi connectivity index (χ1) is 17.0. The molecule has 1 saturated heterocycles. The van der Waals surface area contributed by atoms with Crippen LogP contribution in [0.15, 0.2) is 36.4 Å². The summed E-state index contributed by atoms with van der Waals surface area (Å²) in [5, 5.41) is 0. The quantitative estimate of drug-likeness (QED) is 0.573. The predicted molar refractivity (Wildman–Crippen MR) is 126 cm³/mol. The van der Waals surface area contributed by atoms with E-state index in [1.807, 2.05) is 0 Å². The summed E-state index contributed by atoms with van der Waals surface area (Å²) in [5.74, 6) is -4.21. The zero-order valence-electron chi connectivity index (χ0n) is 20.0. The molecule has 1 aromatic carbocycles. The number of aromatic nitrogens is 1. The van der Waals surface area contributed by atoms with Crippen LogP contribution in [0.25, 0.3) is 11.3 Å². The van der Waals surface area contributed by atoms with Crippen molar-refractivity contribution in [2.45, 2.75) is 50.6 Å². The van der Waals surface area contributed by atoms with Gasteiger partial charge in [-0.3, -0.25) is 4.79 Å². The lowest BCUT2D eigenvalue weighted by Gasteiger charge is -2.61. The molecule has 2 heterocycles. The standard InChI is InChI=1S/C25H28F3N3O4S/c1-3-36(33,34)30-22-19(31(14-25(22,27)28)23(32)24-11-15(12-24)13-24)10-16-6-4-7-17(21(16)26)18-8-5-9-20(29-18)35-2/h4-9,15,19,22,30H,3,10-14H2,1-2H3/t15?,19-,22+,24?/m0/s1. The molecule has 4 aliphatic rings. The lowest BCUT2D eigenvalue weighted by atomic mass is 9.44. The van der Waals surface area contributed by atoms with Crippen molar-refractivity contribution in [3.8, 4) is 17.1 Å². The fourth-order valence-electron chi connectivity index (χ4n) is 5.68. The Kier molecular flexibility index (Phi) is 6.06. The molecule has 3 aliphatic carbocycles. The Morgan fingerprint density at radius 3 is 2.50 bits per heavy atom. The minimum Gasteiger partial charge on any atom is -0.481 e. The van der Waals surface area contributed by atoms with Gasteiger partial charge in [-0.25, -0.2) is 31.3 Å². The number of nitrogens with zero attached hydrogens (tertiary/aromatic N) is 2. The number of ether oxygens (including phenoxy) is 1. The van der Waals surface area contributed by atoms with Crippen LogP contribution < -0.4 is 9.46 Å². The Morgan fingerprint density at radius 1 is 1.19 bits per heavy atom. The van der Waals surface area contributed by atoms with E-state index < -0.39 is 51.6 Å². The first kappa shape index (κ1) is 25.0. The summed E-state index contributed by atoms with van der Waals surface area (Å²) in [4.78, 5) is 18.7. The van der Waals surface area contributed by atoms with Crippen LogP contribution in [0.1, 0.15) is 31.7 Å². The van der Waals surface area contributed by atoms with Crippen molar-refractivity contribution in [2.24, 2.45) is 11.3 Å². The normalized spacial score (nSPS) is 28.4. The van der Waals surface area contributed by atoms with Crippen LogP contribution in [0.4, 0.5) is 13.2 Å². The molecule has 2 aromatic rings. The summed E-state index contributed by atoms with van der Waals surface area (Å²) >= 11 is 0. The van der Waals surface area contributed by atoms with Crippen LogP contribution >= 0.6 is 0 Å². The molecule has 1 N–H and O–H groups in total. The van der Waals surface area contributed by atoms with E-state index in [1.165, 1.54) is 26.2 Å². The van der Waals surface area contributed by atoms with E-state index in [0.29, 0.717) is 30.9 Å². The third-order valence-electron chi connectivity index (χ3n) is 7.78. The number of halogens is 3. The zero-order valence-corrected chi connectivity index (χ0v) is 20.8. The van der Waals surface area contributed by atoms with Gasteiger partial charge in [0.1, 0.15) is 11.9 Å². The van der Waals surface area contributed by atoms with Crippen LogP contribution in [0.5, 0.6) is 5.88 Å². The van der Waals surface area contributed by atoms with E-state index in [4.69, 9.17) is 4.74 Å². The van der Waals surface area contributed by atoms with Gasteiger partial charge in [0.15, 0.2) is 0 Å². The number of hydrogen-bond acceptors (Lipinski definition) is 5. The highest BCUT2D eigenvalue weighted by atomic mass is 32.2. The number of benzene rings is 1. The molecule has 7 nitrogen and oxygen atoms in total. The number of likely N-dealkylation sites (tertiary alicyclic amines) is 1. The van der Waals surface area contributed by atoms with Crippen LogP contribution in [-0.2, 0) is 21.2 Å². The van der Waals surface area contributed by atoms with Crippen molar-refractivity contribution in [1.29, 1.82) is 0 Å². The molecule has 3 saturated carbocycles. The molecule has 2 bridgehead atoms. The molecule has 0 spiro atoms. The summed E-state index contributed by atoms with van der Waals surface area (Å²) in [6.07, 6.45) is 1.72. The first-order valence-corrected chi connectivity index (χ1v) is 13.6. The Balaban J connectivity index is 1.51. The van der Waals surface area contributed by atoms with Crippen LogP contribution in [0.2, 0.25) is 0 Å². The largest absolute Gasteiger partial charge is 0.481 e. The average molecular weight is 524 g/mol. The van der Waals surface area contributed by atoms with Gasteiger partial charge in [-0.1, -0.05) is 18.2 Å². The Labute approximate surface area is 208 Å². The van der Waals surface area contributed by atoms with Gasteiger partial charge in [-0.05, 0) is 56.2 Å². The number of pyridine rings is 1. The highest BCUT2D eigenvalue weighted by Crippen LogP contribution is 2.65. The maximum absolute atomic E-state index is 15.7. The van der Waals surface area contributed by atoms with Crippen LogP contribution in [0, 0.1) is 17.2 Å². The highest BCUT2D eigenvalue weighted by molar-refractivity contribution is 7.89. The van der Waals surface area contributed by atoms with Gasteiger partial charge in [-0.2, -0.15) is 0 Å². The minimum absolute atomic E-state index is 0.0934. The van der Waals surface area contributed by atoms with Gasteiger partial charge in [0.25, 0.3) is 5.92 Å². The molecule has 0 radical (unpaired) electrons. The molecular formula is C25H28F3N3O4S. The second-order valence-corrected chi connectivity index (χ2v) is 12.1. The summed E-state index contributed by atoms with van der Waals surface area (Å²) in [6.45, 7) is 0.442. The van der Waals surface area contributed by atoms with Gasteiger partial charge < -0.3 is 9.64 Å². The van der Waals surface area contributed by atoms with Crippen molar-refractivity contribution >= 4 is 15.9 Å². The SMILES string of the molecule is CCS(=O)(=O)N[C@@H]1[C@H](Cc2cccc(-c3cccc(OC)n3)c2F)N(C(=O)C23CC(C2)C3)CC1(F)F. The Bertz CT molecular complexity index is 1290. The number of amides is 1. The minimum atomic E-state index is -4.02. The van der Waals surface area contributed by atoms with Crippen molar-refractivity contribution in [1.82, 2.24) is 14.6 Å². The first-order valence-electron chi connectivity index (χ1n) is 12.0. The molecule has 6 rings (SSSR count). The maximum Gasteiger partial charge on any atom is 0.283 e. The number of alkyl halides is 2. The monoisotopic (exact) mass is 523 g/mol. The molecule has 1 amide bonds. The van der Waals surface area contributed by atoms with E-state index >= 15 is 13.2 Å². The Hall–Kier alpha value is -2.66. The maximum atomic E-state index is 15.7.